The van der Waals surface area contributed by atoms with Gasteiger partial charge < -0.3 is 14.8 Å². The van der Waals surface area contributed by atoms with E-state index in [2.05, 4.69) is 20.7 Å². The molecule has 1 saturated carbocycles. The molecule has 0 spiro atoms. The van der Waals surface area contributed by atoms with Crippen LogP contribution in [0.5, 0.6) is 5.75 Å². The highest BCUT2D eigenvalue weighted by molar-refractivity contribution is 6.00. The van der Waals surface area contributed by atoms with Crippen LogP contribution in [0.1, 0.15) is 51.2 Å². The molecule has 1 aliphatic rings. The van der Waals surface area contributed by atoms with Crippen LogP contribution >= 0.6 is 0 Å². The molecular weight excluding hydrogens is 436 g/mol. The van der Waals surface area contributed by atoms with E-state index in [0.717, 1.165) is 25.7 Å². The Morgan fingerprint density at radius 3 is 2.74 bits per heavy atom. The number of furan rings is 1. The number of carbonyl (C=O) groups is 2. The molecule has 0 aliphatic heterocycles. The summed E-state index contributed by atoms with van der Waals surface area (Å²) in [4.78, 5) is 29.5. The summed E-state index contributed by atoms with van der Waals surface area (Å²) >= 11 is 0. The minimum atomic E-state index is -0.726. The fourth-order valence-electron chi connectivity index (χ4n) is 4.32. The topological polar surface area (TPSA) is 126 Å². The Balaban J connectivity index is 1.60. The van der Waals surface area contributed by atoms with Crippen molar-refractivity contribution in [3.05, 3.63) is 42.2 Å². The highest BCUT2D eigenvalue weighted by atomic mass is 16.3. The minimum absolute atomic E-state index is 0.0103. The minimum Gasteiger partial charge on any atom is -0.508 e. The van der Waals surface area contributed by atoms with E-state index in [-0.39, 0.29) is 36.0 Å². The number of hydrogen-bond acceptors (Lipinski definition) is 7. The van der Waals surface area contributed by atoms with Gasteiger partial charge in [0.2, 0.25) is 11.7 Å². The molecular formula is C24H30N6O4. The van der Waals surface area contributed by atoms with Crippen LogP contribution in [0.2, 0.25) is 0 Å². The van der Waals surface area contributed by atoms with E-state index in [1.165, 1.54) is 21.8 Å². The van der Waals surface area contributed by atoms with E-state index in [1.54, 1.807) is 24.3 Å². The summed E-state index contributed by atoms with van der Waals surface area (Å²) in [7, 11) is 0. The second-order valence-electron chi connectivity index (χ2n) is 8.63. The number of phenols is 1. The van der Waals surface area contributed by atoms with Crippen LogP contribution in [0.4, 0.5) is 5.69 Å². The molecule has 0 saturated heterocycles. The largest absolute Gasteiger partial charge is 0.508 e. The lowest BCUT2D eigenvalue weighted by molar-refractivity contribution is -0.127. The van der Waals surface area contributed by atoms with E-state index in [0.29, 0.717) is 30.0 Å². The van der Waals surface area contributed by atoms with Crippen molar-refractivity contribution in [2.45, 2.75) is 71.0 Å². The molecule has 4 rings (SSSR count). The van der Waals surface area contributed by atoms with Gasteiger partial charge in [0.1, 0.15) is 24.1 Å². The average Bonchev–Trinajstić information content (AvgIpc) is 3.56. The van der Waals surface area contributed by atoms with E-state index in [9.17, 15) is 14.7 Å². The molecule has 10 nitrogen and oxygen atoms in total. The summed E-state index contributed by atoms with van der Waals surface area (Å²) in [5, 5.41) is 25.4. The number of aromatic hydroxyl groups is 1. The summed E-state index contributed by atoms with van der Waals surface area (Å²) in [6.45, 7) is 3.56. The SMILES string of the molecule is CCC[C@@H](C(=O)NC1CCCC1)N(C(=O)Cn1nnc(-c2ccc(C)o2)n1)c1cccc(O)c1. The summed E-state index contributed by atoms with van der Waals surface area (Å²) in [6, 6.07) is 9.29. The Bertz CT molecular complexity index is 1130. The van der Waals surface area contributed by atoms with Crippen molar-refractivity contribution >= 4 is 17.5 Å². The maximum absolute atomic E-state index is 13.5. The van der Waals surface area contributed by atoms with Gasteiger partial charge >= 0.3 is 0 Å². The molecule has 0 radical (unpaired) electrons. The smallest absolute Gasteiger partial charge is 0.251 e. The first kappa shape index (κ1) is 23.5. The molecule has 2 heterocycles. The van der Waals surface area contributed by atoms with Crippen LogP contribution in [0.15, 0.2) is 40.8 Å². The number of nitrogens with one attached hydrogen (secondary N) is 1. The van der Waals surface area contributed by atoms with Crippen LogP contribution in [0.25, 0.3) is 11.6 Å². The third-order valence-corrected chi connectivity index (χ3v) is 5.94. The monoisotopic (exact) mass is 466 g/mol. The van der Waals surface area contributed by atoms with Crippen molar-refractivity contribution in [1.82, 2.24) is 25.5 Å². The van der Waals surface area contributed by atoms with E-state index in [4.69, 9.17) is 4.42 Å². The van der Waals surface area contributed by atoms with Gasteiger partial charge in [0.05, 0.1) is 0 Å². The van der Waals surface area contributed by atoms with E-state index < -0.39 is 6.04 Å². The molecule has 0 unspecified atom stereocenters. The van der Waals surface area contributed by atoms with Gasteiger partial charge in [0, 0.05) is 17.8 Å². The zero-order valence-corrected chi connectivity index (χ0v) is 19.5. The van der Waals surface area contributed by atoms with Crippen LogP contribution < -0.4 is 10.2 Å². The second-order valence-corrected chi connectivity index (χ2v) is 8.63. The zero-order valence-electron chi connectivity index (χ0n) is 19.5. The lowest BCUT2D eigenvalue weighted by Crippen LogP contribution is -2.52. The Labute approximate surface area is 197 Å². The Morgan fingerprint density at radius 2 is 2.06 bits per heavy atom. The van der Waals surface area contributed by atoms with Gasteiger partial charge in [-0.1, -0.05) is 32.3 Å². The molecule has 1 atom stereocenters. The highest BCUT2D eigenvalue weighted by Gasteiger charge is 2.33. The standard InChI is InChI=1S/C24H30N6O4/c1-3-7-20(24(33)25-17-8-4-5-9-17)30(18-10-6-11-19(31)14-18)22(32)15-29-27-23(26-28-29)21-13-12-16(2)34-21/h6,10-14,17,20,31H,3-5,7-9,15H2,1-2H3,(H,25,33)/t20-/m0/s1. The number of anilines is 1. The molecule has 2 amide bonds. The molecule has 1 aliphatic carbocycles. The van der Waals surface area contributed by atoms with Gasteiger partial charge in [-0.15, -0.1) is 10.2 Å². The van der Waals surface area contributed by atoms with Crippen molar-refractivity contribution in [3.63, 3.8) is 0 Å². The third-order valence-electron chi connectivity index (χ3n) is 5.94. The summed E-state index contributed by atoms with van der Waals surface area (Å²) < 4.78 is 5.53. The van der Waals surface area contributed by atoms with Crippen molar-refractivity contribution < 1.29 is 19.1 Å². The number of phenolic OH excluding ortho intramolecular Hbond substituents is 1. The van der Waals surface area contributed by atoms with Crippen LogP contribution in [-0.4, -0.2) is 49.2 Å². The fourth-order valence-corrected chi connectivity index (χ4v) is 4.32. The molecule has 2 aromatic heterocycles. The van der Waals surface area contributed by atoms with Crippen molar-refractivity contribution in [3.8, 4) is 17.3 Å². The number of aryl methyl sites for hydroxylation is 1. The molecule has 180 valence electrons. The van der Waals surface area contributed by atoms with Crippen LogP contribution in [0, 0.1) is 6.92 Å². The van der Waals surface area contributed by atoms with Gasteiger partial charge in [-0.3, -0.25) is 14.5 Å². The molecule has 2 N–H and O–H groups in total. The predicted molar refractivity (Wildman–Crippen MR) is 125 cm³/mol. The van der Waals surface area contributed by atoms with Gasteiger partial charge in [-0.25, -0.2) is 0 Å². The second kappa shape index (κ2) is 10.5. The Hall–Kier alpha value is -3.69. The van der Waals surface area contributed by atoms with Gasteiger partial charge in [-0.05, 0) is 55.7 Å². The number of tetrazole rings is 1. The number of nitrogens with zero attached hydrogens (tertiary/aromatic N) is 5. The molecule has 34 heavy (non-hydrogen) atoms. The first-order valence-electron chi connectivity index (χ1n) is 11.7. The normalized spacial score (nSPS) is 14.8. The number of amides is 2. The summed E-state index contributed by atoms with van der Waals surface area (Å²) in [6.07, 6.45) is 5.25. The number of aromatic nitrogens is 4. The predicted octanol–water partition coefficient (Wildman–Crippen LogP) is 3.21. The van der Waals surface area contributed by atoms with Crippen molar-refractivity contribution in [2.24, 2.45) is 0 Å². The lowest BCUT2D eigenvalue weighted by atomic mass is 10.1. The number of carbonyl (C=O) groups excluding carboxylic acids is 2. The lowest BCUT2D eigenvalue weighted by Gasteiger charge is -2.31. The van der Waals surface area contributed by atoms with E-state index >= 15 is 0 Å². The highest BCUT2D eigenvalue weighted by Crippen LogP contribution is 2.26. The maximum Gasteiger partial charge on any atom is 0.251 e. The van der Waals surface area contributed by atoms with Gasteiger partial charge in [-0.2, -0.15) is 4.80 Å². The molecule has 1 aromatic carbocycles. The Morgan fingerprint density at radius 1 is 1.26 bits per heavy atom. The fraction of sp³-hybridized carbons (Fsp3) is 0.458. The number of rotatable bonds is 9. The Kier molecular flexibility index (Phi) is 7.24. The first-order valence-corrected chi connectivity index (χ1v) is 11.7. The molecule has 1 fully saturated rings. The molecule has 0 bridgehead atoms. The first-order chi connectivity index (χ1) is 16.4. The van der Waals surface area contributed by atoms with Crippen molar-refractivity contribution in [2.75, 3.05) is 4.90 Å². The van der Waals surface area contributed by atoms with Crippen molar-refractivity contribution in [1.29, 1.82) is 0 Å². The van der Waals surface area contributed by atoms with Gasteiger partial charge in [0.25, 0.3) is 5.91 Å². The average molecular weight is 467 g/mol. The van der Waals surface area contributed by atoms with Crippen LogP contribution in [-0.2, 0) is 16.1 Å². The number of hydrogen-bond donors (Lipinski definition) is 2. The molecule has 3 aromatic rings. The van der Waals surface area contributed by atoms with Gasteiger partial charge in [0.15, 0.2) is 5.76 Å². The summed E-state index contributed by atoms with van der Waals surface area (Å²) in [5.41, 5.74) is 0.437. The zero-order chi connectivity index (χ0) is 24.1. The maximum atomic E-state index is 13.5. The van der Waals surface area contributed by atoms with Crippen LogP contribution in [0.3, 0.4) is 0 Å². The van der Waals surface area contributed by atoms with E-state index in [1.807, 2.05) is 13.8 Å². The quantitative estimate of drug-likeness (QED) is 0.496. The molecule has 10 heteroatoms. The summed E-state index contributed by atoms with van der Waals surface area (Å²) in [5.74, 6) is 0.882. The third kappa shape index (κ3) is 5.44. The number of benzene rings is 1.